The molecule has 2 rings (SSSR count). The van der Waals surface area contributed by atoms with Gasteiger partial charge < -0.3 is 0 Å². The predicted octanol–water partition coefficient (Wildman–Crippen LogP) is 4.55. The summed E-state index contributed by atoms with van der Waals surface area (Å²) in [5, 5.41) is 0. The highest BCUT2D eigenvalue weighted by molar-refractivity contribution is 7.95. The molecule has 0 fully saturated rings. The molecule has 0 amide bonds. The van der Waals surface area contributed by atoms with Crippen LogP contribution in [0.15, 0.2) is 70.5 Å². The van der Waals surface area contributed by atoms with E-state index in [4.69, 9.17) is 0 Å². The minimum Gasteiger partial charge on any atom is -0.219 e. The SMILES string of the molecule is CC(C)(C)/C(=C/c1ccccc1)S(=O)(=O)c1ccccc1. The maximum atomic E-state index is 12.9. The third-order valence-corrected chi connectivity index (χ3v) is 5.38. The van der Waals surface area contributed by atoms with Gasteiger partial charge >= 0.3 is 0 Å². The van der Waals surface area contributed by atoms with E-state index < -0.39 is 15.3 Å². The summed E-state index contributed by atoms with van der Waals surface area (Å²) in [6.07, 6.45) is 1.77. The molecule has 0 heterocycles. The van der Waals surface area contributed by atoms with Crippen molar-refractivity contribution >= 4 is 15.9 Å². The zero-order valence-corrected chi connectivity index (χ0v) is 13.4. The zero-order chi connectivity index (χ0) is 15.5. The van der Waals surface area contributed by atoms with Gasteiger partial charge in [-0.15, -0.1) is 0 Å². The molecule has 0 aromatic heterocycles. The van der Waals surface area contributed by atoms with Crippen molar-refractivity contribution < 1.29 is 8.42 Å². The number of benzene rings is 2. The van der Waals surface area contributed by atoms with Gasteiger partial charge in [0.15, 0.2) is 0 Å². The fourth-order valence-corrected chi connectivity index (χ4v) is 3.99. The van der Waals surface area contributed by atoms with Crippen LogP contribution in [0.5, 0.6) is 0 Å². The molecule has 0 spiro atoms. The zero-order valence-electron chi connectivity index (χ0n) is 12.6. The summed E-state index contributed by atoms with van der Waals surface area (Å²) in [6, 6.07) is 18.1. The highest BCUT2D eigenvalue weighted by Gasteiger charge is 2.30. The Bertz CT molecular complexity index is 722. The molecule has 0 aliphatic carbocycles. The second-order valence-corrected chi connectivity index (χ2v) is 7.90. The van der Waals surface area contributed by atoms with Gasteiger partial charge in [0.05, 0.1) is 9.80 Å². The van der Waals surface area contributed by atoms with E-state index in [-0.39, 0.29) is 0 Å². The molecule has 0 saturated heterocycles. The van der Waals surface area contributed by atoms with Gasteiger partial charge in [-0.1, -0.05) is 69.3 Å². The molecule has 110 valence electrons. The molecule has 2 aromatic carbocycles. The minimum atomic E-state index is -3.50. The van der Waals surface area contributed by atoms with Crippen molar-refractivity contribution in [3.63, 3.8) is 0 Å². The summed E-state index contributed by atoms with van der Waals surface area (Å²) in [6.45, 7) is 5.76. The van der Waals surface area contributed by atoms with E-state index in [1.54, 1.807) is 30.3 Å². The van der Waals surface area contributed by atoms with Crippen molar-refractivity contribution in [2.45, 2.75) is 25.7 Å². The van der Waals surface area contributed by atoms with Crippen LogP contribution in [-0.2, 0) is 9.84 Å². The second kappa shape index (κ2) is 5.86. The maximum Gasteiger partial charge on any atom is 0.203 e. The van der Waals surface area contributed by atoms with Crippen molar-refractivity contribution in [3.05, 3.63) is 71.1 Å². The van der Waals surface area contributed by atoms with Crippen LogP contribution in [0, 0.1) is 5.41 Å². The van der Waals surface area contributed by atoms with Crippen LogP contribution in [0.25, 0.3) is 6.08 Å². The van der Waals surface area contributed by atoms with Crippen LogP contribution in [0.2, 0.25) is 0 Å². The minimum absolute atomic E-state index is 0.335. The standard InChI is InChI=1S/C18H20O2S/c1-18(2,3)17(14-15-10-6-4-7-11-15)21(19,20)16-12-8-5-9-13-16/h4-14H,1-3H3/b17-14-. The van der Waals surface area contributed by atoms with Crippen molar-refractivity contribution in [1.82, 2.24) is 0 Å². The highest BCUT2D eigenvalue weighted by Crippen LogP contribution is 2.35. The number of allylic oxidation sites excluding steroid dienone is 1. The number of sulfone groups is 1. The van der Waals surface area contributed by atoms with E-state index in [0.717, 1.165) is 5.56 Å². The Kier molecular flexibility index (Phi) is 4.33. The predicted molar refractivity (Wildman–Crippen MR) is 87.5 cm³/mol. The van der Waals surface area contributed by atoms with Gasteiger partial charge in [-0.25, -0.2) is 8.42 Å². The summed E-state index contributed by atoms with van der Waals surface area (Å²) in [5.41, 5.74) is 0.423. The largest absolute Gasteiger partial charge is 0.219 e. The molecule has 0 radical (unpaired) electrons. The topological polar surface area (TPSA) is 34.1 Å². The Balaban J connectivity index is 2.60. The molecule has 2 nitrogen and oxygen atoms in total. The Labute approximate surface area is 127 Å². The molecule has 21 heavy (non-hydrogen) atoms. The molecule has 0 bridgehead atoms. The lowest BCUT2D eigenvalue weighted by molar-refractivity contribution is 0.516. The van der Waals surface area contributed by atoms with E-state index >= 15 is 0 Å². The van der Waals surface area contributed by atoms with Gasteiger partial charge in [-0.05, 0) is 29.2 Å². The average Bonchev–Trinajstić information content (AvgIpc) is 2.45. The normalized spacial score (nSPS) is 13.2. The molecular formula is C18H20O2S. The van der Waals surface area contributed by atoms with Gasteiger partial charge in [-0.3, -0.25) is 0 Å². The van der Waals surface area contributed by atoms with Gasteiger partial charge in [0.25, 0.3) is 0 Å². The summed E-state index contributed by atoms with van der Waals surface area (Å²) in [4.78, 5) is 0.759. The first kappa shape index (κ1) is 15.5. The lowest BCUT2D eigenvalue weighted by Crippen LogP contribution is -2.18. The fourth-order valence-electron chi connectivity index (χ4n) is 2.12. The van der Waals surface area contributed by atoms with Crippen LogP contribution in [0.4, 0.5) is 0 Å². The lowest BCUT2D eigenvalue weighted by Gasteiger charge is -2.23. The van der Waals surface area contributed by atoms with Crippen LogP contribution in [0.1, 0.15) is 26.3 Å². The number of rotatable bonds is 3. The second-order valence-electron chi connectivity index (χ2n) is 5.99. The highest BCUT2D eigenvalue weighted by atomic mass is 32.2. The van der Waals surface area contributed by atoms with E-state index in [0.29, 0.717) is 9.80 Å². The first-order valence-corrected chi connectivity index (χ1v) is 8.37. The first-order valence-electron chi connectivity index (χ1n) is 6.89. The van der Waals surface area contributed by atoms with Gasteiger partial charge in [-0.2, -0.15) is 0 Å². The van der Waals surface area contributed by atoms with Crippen LogP contribution in [0.3, 0.4) is 0 Å². The molecule has 0 unspecified atom stereocenters. The number of hydrogen-bond acceptors (Lipinski definition) is 2. The summed E-state index contributed by atoms with van der Waals surface area (Å²) >= 11 is 0. The molecule has 0 saturated carbocycles. The maximum absolute atomic E-state index is 12.9. The quantitative estimate of drug-likeness (QED) is 0.833. The molecule has 3 heteroatoms. The Morgan fingerprint density at radius 1 is 0.857 bits per heavy atom. The Morgan fingerprint density at radius 3 is 1.81 bits per heavy atom. The summed E-state index contributed by atoms with van der Waals surface area (Å²) in [5.74, 6) is 0. The molecule has 0 atom stereocenters. The van der Waals surface area contributed by atoms with E-state index in [1.165, 1.54) is 0 Å². The molecule has 0 N–H and O–H groups in total. The van der Waals surface area contributed by atoms with Crippen LogP contribution in [-0.4, -0.2) is 8.42 Å². The Morgan fingerprint density at radius 2 is 1.33 bits per heavy atom. The van der Waals surface area contributed by atoms with E-state index in [1.807, 2.05) is 57.2 Å². The van der Waals surface area contributed by atoms with Crippen LogP contribution >= 0.6 is 0 Å². The Hall–Kier alpha value is -1.87. The fraction of sp³-hybridized carbons (Fsp3) is 0.222. The third-order valence-electron chi connectivity index (χ3n) is 3.18. The molecule has 0 aliphatic heterocycles. The van der Waals surface area contributed by atoms with Crippen molar-refractivity contribution in [3.8, 4) is 0 Å². The molecular weight excluding hydrogens is 280 g/mol. The van der Waals surface area contributed by atoms with Gasteiger partial charge in [0, 0.05) is 0 Å². The van der Waals surface area contributed by atoms with Crippen LogP contribution < -0.4 is 0 Å². The first-order chi connectivity index (χ1) is 9.82. The third kappa shape index (κ3) is 3.61. The van der Waals surface area contributed by atoms with Crippen molar-refractivity contribution in [2.75, 3.05) is 0 Å². The summed E-state index contributed by atoms with van der Waals surface area (Å²) < 4.78 is 25.8. The molecule has 2 aromatic rings. The smallest absolute Gasteiger partial charge is 0.203 e. The molecule has 0 aliphatic rings. The summed E-state index contributed by atoms with van der Waals surface area (Å²) in [7, 11) is -3.50. The van der Waals surface area contributed by atoms with E-state index in [9.17, 15) is 8.42 Å². The van der Waals surface area contributed by atoms with Crippen molar-refractivity contribution in [2.24, 2.45) is 5.41 Å². The lowest BCUT2D eigenvalue weighted by atomic mass is 9.94. The van der Waals surface area contributed by atoms with Gasteiger partial charge in [0.1, 0.15) is 0 Å². The van der Waals surface area contributed by atoms with Crippen molar-refractivity contribution in [1.29, 1.82) is 0 Å². The van der Waals surface area contributed by atoms with Gasteiger partial charge in [0.2, 0.25) is 9.84 Å². The van der Waals surface area contributed by atoms with E-state index in [2.05, 4.69) is 0 Å². The monoisotopic (exact) mass is 300 g/mol. The average molecular weight is 300 g/mol. The number of hydrogen-bond donors (Lipinski definition) is 0.